The quantitative estimate of drug-likeness (QED) is 0.880. The van der Waals surface area contributed by atoms with Crippen LogP contribution in [0, 0.1) is 6.92 Å². The van der Waals surface area contributed by atoms with Crippen LogP contribution in [-0.4, -0.2) is 44.7 Å². The summed E-state index contributed by atoms with van der Waals surface area (Å²) in [6, 6.07) is 5.14. The summed E-state index contributed by atoms with van der Waals surface area (Å²) >= 11 is 0. The Morgan fingerprint density at radius 3 is 2.55 bits per heavy atom. The molecule has 5 nitrogen and oxygen atoms in total. The molecule has 0 aliphatic rings. The standard InChI is InChI=1S/C15H25N5/c1-11(2)19(12(3)4)9-8-16-15-17-14-7-6-13(5)10-20(14)18-15/h6-7,10-12H,8-9H2,1-5H3,(H,16,18). The van der Waals surface area contributed by atoms with Gasteiger partial charge in [-0.1, -0.05) is 6.07 Å². The second-order valence-corrected chi connectivity index (χ2v) is 5.80. The highest BCUT2D eigenvalue weighted by Gasteiger charge is 2.12. The number of fused-ring (bicyclic) bond motifs is 1. The van der Waals surface area contributed by atoms with Crippen molar-refractivity contribution in [3.8, 4) is 0 Å². The Morgan fingerprint density at radius 1 is 1.20 bits per heavy atom. The number of rotatable bonds is 6. The maximum atomic E-state index is 4.46. The molecule has 0 fully saturated rings. The molecule has 0 amide bonds. The molecule has 0 radical (unpaired) electrons. The minimum Gasteiger partial charge on any atom is -0.352 e. The largest absolute Gasteiger partial charge is 0.352 e. The van der Waals surface area contributed by atoms with Crippen LogP contribution in [-0.2, 0) is 0 Å². The van der Waals surface area contributed by atoms with Crippen molar-refractivity contribution < 1.29 is 0 Å². The minimum absolute atomic E-state index is 0.550. The molecule has 0 atom stereocenters. The average molecular weight is 275 g/mol. The van der Waals surface area contributed by atoms with Crippen molar-refractivity contribution in [2.24, 2.45) is 0 Å². The second kappa shape index (κ2) is 6.22. The van der Waals surface area contributed by atoms with E-state index >= 15 is 0 Å². The molecular formula is C15H25N5. The molecule has 20 heavy (non-hydrogen) atoms. The number of nitrogens with zero attached hydrogens (tertiary/aromatic N) is 4. The van der Waals surface area contributed by atoms with Gasteiger partial charge in [-0.25, -0.2) is 4.52 Å². The predicted molar refractivity (Wildman–Crippen MR) is 83.2 cm³/mol. The van der Waals surface area contributed by atoms with E-state index in [9.17, 15) is 0 Å². The lowest BCUT2D eigenvalue weighted by Gasteiger charge is -2.30. The van der Waals surface area contributed by atoms with Crippen molar-refractivity contribution in [1.82, 2.24) is 19.5 Å². The van der Waals surface area contributed by atoms with Gasteiger partial charge in [-0.15, -0.1) is 5.10 Å². The topological polar surface area (TPSA) is 45.5 Å². The van der Waals surface area contributed by atoms with Gasteiger partial charge in [0.15, 0.2) is 5.65 Å². The highest BCUT2D eigenvalue weighted by atomic mass is 15.3. The molecule has 110 valence electrons. The Morgan fingerprint density at radius 2 is 1.90 bits per heavy atom. The number of nitrogens with one attached hydrogen (secondary N) is 1. The minimum atomic E-state index is 0.550. The third kappa shape index (κ3) is 3.48. The van der Waals surface area contributed by atoms with Crippen LogP contribution in [0.25, 0.3) is 5.65 Å². The van der Waals surface area contributed by atoms with Crippen LogP contribution in [0.3, 0.4) is 0 Å². The first-order valence-electron chi connectivity index (χ1n) is 7.30. The maximum absolute atomic E-state index is 4.46. The summed E-state index contributed by atoms with van der Waals surface area (Å²) in [4.78, 5) is 6.91. The van der Waals surface area contributed by atoms with Crippen molar-refractivity contribution in [3.63, 3.8) is 0 Å². The molecule has 0 spiro atoms. The van der Waals surface area contributed by atoms with Crippen molar-refractivity contribution in [2.75, 3.05) is 18.4 Å². The molecule has 0 bridgehead atoms. The maximum Gasteiger partial charge on any atom is 0.243 e. The van der Waals surface area contributed by atoms with E-state index in [1.54, 1.807) is 0 Å². The molecule has 0 saturated carbocycles. The van der Waals surface area contributed by atoms with Crippen LogP contribution in [0.15, 0.2) is 18.3 Å². The van der Waals surface area contributed by atoms with Gasteiger partial charge in [-0.3, -0.25) is 4.90 Å². The molecule has 0 aliphatic heterocycles. The summed E-state index contributed by atoms with van der Waals surface area (Å²) in [7, 11) is 0. The normalized spacial score (nSPS) is 12.0. The Labute approximate surface area is 121 Å². The molecule has 0 aliphatic carbocycles. The predicted octanol–water partition coefficient (Wildman–Crippen LogP) is 2.57. The van der Waals surface area contributed by atoms with E-state index in [4.69, 9.17) is 0 Å². The summed E-state index contributed by atoms with van der Waals surface area (Å²) in [5, 5.41) is 7.75. The number of hydrogen-bond acceptors (Lipinski definition) is 4. The lowest BCUT2D eigenvalue weighted by atomic mass is 10.2. The second-order valence-electron chi connectivity index (χ2n) is 5.80. The molecule has 5 heteroatoms. The lowest BCUT2D eigenvalue weighted by molar-refractivity contribution is 0.182. The average Bonchev–Trinajstić information content (AvgIpc) is 2.75. The molecule has 1 N–H and O–H groups in total. The third-order valence-electron chi connectivity index (χ3n) is 3.46. The highest BCUT2D eigenvalue weighted by Crippen LogP contribution is 2.08. The van der Waals surface area contributed by atoms with E-state index in [0.29, 0.717) is 18.0 Å². The fraction of sp³-hybridized carbons (Fsp3) is 0.600. The molecule has 0 saturated heterocycles. The molecule has 2 aromatic rings. The van der Waals surface area contributed by atoms with E-state index in [1.165, 1.54) is 5.56 Å². The molecule has 2 heterocycles. The van der Waals surface area contributed by atoms with Gasteiger partial charge in [-0.2, -0.15) is 4.98 Å². The first-order chi connectivity index (χ1) is 9.47. The van der Waals surface area contributed by atoms with E-state index in [1.807, 2.05) is 22.8 Å². The number of aromatic nitrogens is 3. The fourth-order valence-corrected chi connectivity index (χ4v) is 2.47. The zero-order chi connectivity index (χ0) is 14.7. The number of hydrogen-bond donors (Lipinski definition) is 1. The number of pyridine rings is 1. The number of anilines is 1. The molecular weight excluding hydrogens is 250 g/mol. The van der Waals surface area contributed by atoms with Crippen molar-refractivity contribution >= 4 is 11.6 Å². The van der Waals surface area contributed by atoms with Gasteiger partial charge in [0.05, 0.1) is 0 Å². The van der Waals surface area contributed by atoms with E-state index < -0.39 is 0 Å². The lowest BCUT2D eigenvalue weighted by Crippen LogP contribution is -2.40. The smallest absolute Gasteiger partial charge is 0.243 e. The van der Waals surface area contributed by atoms with Crippen LogP contribution in [0.5, 0.6) is 0 Å². The molecule has 2 rings (SSSR count). The van der Waals surface area contributed by atoms with Crippen molar-refractivity contribution in [3.05, 3.63) is 23.9 Å². The van der Waals surface area contributed by atoms with Gasteiger partial charge in [0.25, 0.3) is 0 Å². The first kappa shape index (κ1) is 14.8. The van der Waals surface area contributed by atoms with Gasteiger partial charge in [-0.05, 0) is 46.2 Å². The summed E-state index contributed by atoms with van der Waals surface area (Å²) < 4.78 is 1.82. The van der Waals surface area contributed by atoms with Crippen LogP contribution < -0.4 is 5.32 Å². The summed E-state index contributed by atoms with van der Waals surface area (Å²) in [6.07, 6.45) is 1.99. The van der Waals surface area contributed by atoms with Gasteiger partial charge in [0, 0.05) is 31.4 Å². The van der Waals surface area contributed by atoms with Crippen molar-refractivity contribution in [1.29, 1.82) is 0 Å². The highest BCUT2D eigenvalue weighted by molar-refractivity contribution is 5.44. The first-order valence-corrected chi connectivity index (χ1v) is 7.30. The monoisotopic (exact) mass is 275 g/mol. The van der Waals surface area contributed by atoms with Crippen LogP contribution in [0.1, 0.15) is 33.3 Å². The Bertz CT molecular complexity index is 550. The van der Waals surface area contributed by atoms with Gasteiger partial charge >= 0.3 is 0 Å². The molecule has 0 unspecified atom stereocenters. The van der Waals surface area contributed by atoms with Gasteiger partial charge < -0.3 is 5.32 Å². The molecule has 0 aromatic carbocycles. The van der Waals surface area contributed by atoms with Gasteiger partial charge in [0.1, 0.15) is 0 Å². The fourth-order valence-electron chi connectivity index (χ4n) is 2.47. The zero-order valence-electron chi connectivity index (χ0n) is 13.1. The van der Waals surface area contributed by atoms with Crippen molar-refractivity contribution in [2.45, 2.75) is 46.7 Å². The zero-order valence-corrected chi connectivity index (χ0v) is 13.1. The Hall–Kier alpha value is -1.62. The van der Waals surface area contributed by atoms with E-state index in [-0.39, 0.29) is 0 Å². The Balaban J connectivity index is 1.95. The summed E-state index contributed by atoms with van der Waals surface area (Å²) in [5.41, 5.74) is 2.06. The Kier molecular flexibility index (Phi) is 4.60. The third-order valence-corrected chi connectivity index (χ3v) is 3.46. The summed E-state index contributed by atoms with van der Waals surface area (Å²) in [5.74, 6) is 0.697. The van der Waals surface area contributed by atoms with Crippen LogP contribution in [0.2, 0.25) is 0 Å². The molecule has 2 aromatic heterocycles. The van der Waals surface area contributed by atoms with E-state index in [2.05, 4.69) is 54.9 Å². The van der Waals surface area contributed by atoms with Gasteiger partial charge in [0.2, 0.25) is 5.95 Å². The SMILES string of the molecule is Cc1ccc2nc(NCCN(C(C)C)C(C)C)nn2c1. The number of aryl methyl sites for hydroxylation is 1. The summed E-state index contributed by atoms with van der Waals surface area (Å²) in [6.45, 7) is 12.8. The van der Waals surface area contributed by atoms with E-state index in [0.717, 1.165) is 18.7 Å². The van der Waals surface area contributed by atoms with Crippen LogP contribution >= 0.6 is 0 Å². The van der Waals surface area contributed by atoms with Crippen LogP contribution in [0.4, 0.5) is 5.95 Å².